The Bertz CT molecular complexity index is 1310. The van der Waals surface area contributed by atoms with Gasteiger partial charge in [0.25, 0.3) is 11.5 Å². The predicted octanol–water partition coefficient (Wildman–Crippen LogP) is 2.52. The van der Waals surface area contributed by atoms with Crippen LogP contribution in [0.15, 0.2) is 59.5 Å². The number of rotatable bonds is 7. The van der Waals surface area contributed by atoms with Crippen LogP contribution in [-0.2, 0) is 6.54 Å². The molecule has 1 amide bonds. The number of carbonyl (C=O) groups is 1. The fourth-order valence-electron chi connectivity index (χ4n) is 3.64. The Kier molecular flexibility index (Phi) is 5.81. The highest BCUT2D eigenvalue weighted by Gasteiger charge is 2.15. The van der Waals surface area contributed by atoms with Crippen molar-refractivity contribution in [3.63, 3.8) is 0 Å². The summed E-state index contributed by atoms with van der Waals surface area (Å²) in [6.45, 7) is 1.62. The normalized spacial score (nSPS) is 11.5. The lowest BCUT2D eigenvalue weighted by Crippen LogP contribution is -2.28. The molecule has 0 bridgehead atoms. The van der Waals surface area contributed by atoms with Crippen molar-refractivity contribution in [3.8, 4) is 0 Å². The number of nitrogens with one attached hydrogen (secondary N) is 1. The zero-order chi connectivity index (χ0) is 22.0. The van der Waals surface area contributed by atoms with E-state index >= 15 is 0 Å². The van der Waals surface area contributed by atoms with Gasteiger partial charge in [-0.05, 0) is 69.0 Å². The van der Waals surface area contributed by atoms with Crippen molar-refractivity contribution in [2.45, 2.75) is 13.0 Å². The smallest absolute Gasteiger partial charge is 0.277 e. The predicted molar refractivity (Wildman–Crippen MR) is 118 cm³/mol. The lowest BCUT2D eigenvalue weighted by atomic mass is 10.1. The van der Waals surface area contributed by atoms with Gasteiger partial charge in [0.2, 0.25) is 0 Å². The first-order valence-corrected chi connectivity index (χ1v) is 10.1. The number of nitrogens with zero attached hydrogens (tertiary/aromatic N) is 4. The minimum absolute atomic E-state index is 0.183. The number of carbonyl (C=O) groups excluding carboxylic acids is 1. The highest BCUT2D eigenvalue weighted by Crippen LogP contribution is 2.18. The van der Waals surface area contributed by atoms with Gasteiger partial charge in [-0.15, -0.1) is 0 Å². The van der Waals surface area contributed by atoms with Gasteiger partial charge in [-0.3, -0.25) is 9.59 Å². The molecule has 160 valence electrons. The van der Waals surface area contributed by atoms with E-state index in [0.717, 1.165) is 13.0 Å². The molecule has 0 aliphatic heterocycles. The molecule has 8 heteroatoms. The Balaban J connectivity index is 1.75. The number of aromatic nitrogens is 3. The van der Waals surface area contributed by atoms with Crippen molar-refractivity contribution < 1.29 is 9.18 Å². The van der Waals surface area contributed by atoms with E-state index in [2.05, 4.69) is 15.3 Å². The average Bonchev–Trinajstić information content (AvgIpc) is 3.24. The van der Waals surface area contributed by atoms with Crippen LogP contribution in [0.2, 0.25) is 0 Å². The molecule has 2 aromatic heterocycles. The van der Waals surface area contributed by atoms with Gasteiger partial charge in [0.1, 0.15) is 11.3 Å². The second-order valence-corrected chi connectivity index (χ2v) is 7.77. The number of amides is 1. The van der Waals surface area contributed by atoms with Crippen molar-refractivity contribution in [1.29, 1.82) is 0 Å². The van der Waals surface area contributed by atoms with E-state index in [1.165, 1.54) is 12.1 Å². The summed E-state index contributed by atoms with van der Waals surface area (Å²) in [6.07, 6.45) is 2.40. The molecular formula is C23H24FN5O2. The molecule has 0 atom stereocenters. The zero-order valence-corrected chi connectivity index (χ0v) is 17.5. The van der Waals surface area contributed by atoms with Crippen molar-refractivity contribution >= 4 is 22.5 Å². The van der Waals surface area contributed by atoms with Crippen LogP contribution >= 0.6 is 0 Å². The summed E-state index contributed by atoms with van der Waals surface area (Å²) in [4.78, 5) is 27.9. The number of hydrogen-bond donors (Lipinski definition) is 1. The molecule has 2 aromatic carbocycles. The topological polar surface area (TPSA) is 71.6 Å². The Labute approximate surface area is 178 Å². The molecule has 0 unspecified atom stereocenters. The molecule has 7 nitrogen and oxygen atoms in total. The van der Waals surface area contributed by atoms with Crippen molar-refractivity contribution in [2.24, 2.45) is 0 Å². The standard InChI is InChI=1S/C23H24FN5O2/c1-27(2)12-4-10-25-22(30)17-7-8-19-21(14-17)28(15-16-5-3-6-18(24)13-16)23(31)20-9-11-26-29(19)20/h3,5-9,11,13-14H,4,10,12,15H2,1-2H3,(H,25,30). The van der Waals surface area contributed by atoms with Crippen LogP contribution in [0.5, 0.6) is 0 Å². The Morgan fingerprint density at radius 3 is 2.71 bits per heavy atom. The van der Waals surface area contributed by atoms with E-state index in [0.29, 0.717) is 34.2 Å². The Morgan fingerprint density at radius 1 is 1.10 bits per heavy atom. The maximum absolute atomic E-state index is 13.7. The molecular weight excluding hydrogens is 397 g/mol. The Hall–Kier alpha value is -3.52. The first kappa shape index (κ1) is 20.7. The minimum atomic E-state index is -0.363. The summed E-state index contributed by atoms with van der Waals surface area (Å²) in [5, 5.41) is 7.18. The highest BCUT2D eigenvalue weighted by molar-refractivity contribution is 5.97. The molecule has 0 radical (unpaired) electrons. The van der Waals surface area contributed by atoms with Gasteiger partial charge in [0.15, 0.2) is 0 Å². The summed E-state index contributed by atoms with van der Waals surface area (Å²) >= 11 is 0. The van der Waals surface area contributed by atoms with E-state index in [1.807, 2.05) is 14.1 Å². The van der Waals surface area contributed by atoms with Gasteiger partial charge in [-0.25, -0.2) is 8.91 Å². The van der Waals surface area contributed by atoms with Crippen LogP contribution in [-0.4, -0.2) is 52.2 Å². The molecule has 0 fully saturated rings. The van der Waals surface area contributed by atoms with Crippen LogP contribution in [0.1, 0.15) is 22.3 Å². The number of fused-ring (bicyclic) bond motifs is 3. The maximum Gasteiger partial charge on any atom is 0.277 e. The molecule has 0 aliphatic rings. The number of halogens is 1. The maximum atomic E-state index is 13.7. The van der Waals surface area contributed by atoms with Gasteiger partial charge in [0, 0.05) is 12.1 Å². The van der Waals surface area contributed by atoms with Crippen LogP contribution in [0.4, 0.5) is 4.39 Å². The van der Waals surface area contributed by atoms with Crippen LogP contribution in [0.25, 0.3) is 16.6 Å². The number of benzene rings is 2. The second-order valence-electron chi connectivity index (χ2n) is 7.77. The summed E-state index contributed by atoms with van der Waals surface area (Å²) in [5.74, 6) is -0.566. The fraction of sp³-hybridized carbons (Fsp3) is 0.261. The summed E-state index contributed by atoms with van der Waals surface area (Å²) in [7, 11) is 3.97. The SMILES string of the molecule is CN(C)CCCNC(=O)c1ccc2c(c1)n(Cc1cccc(F)c1)c(=O)c1ccnn12. The quantitative estimate of drug-likeness (QED) is 0.466. The van der Waals surface area contributed by atoms with E-state index < -0.39 is 0 Å². The van der Waals surface area contributed by atoms with E-state index in [1.54, 1.807) is 51.7 Å². The fourth-order valence-corrected chi connectivity index (χ4v) is 3.64. The van der Waals surface area contributed by atoms with Crippen LogP contribution in [0.3, 0.4) is 0 Å². The van der Waals surface area contributed by atoms with Gasteiger partial charge < -0.3 is 14.8 Å². The van der Waals surface area contributed by atoms with E-state index in [9.17, 15) is 14.0 Å². The number of hydrogen-bond acceptors (Lipinski definition) is 4. The molecule has 1 N–H and O–H groups in total. The van der Waals surface area contributed by atoms with Gasteiger partial charge in [0.05, 0.1) is 23.8 Å². The van der Waals surface area contributed by atoms with Gasteiger partial charge in [-0.2, -0.15) is 5.10 Å². The molecule has 4 aromatic rings. The first-order chi connectivity index (χ1) is 14.9. The minimum Gasteiger partial charge on any atom is -0.352 e. The van der Waals surface area contributed by atoms with Crippen LogP contribution in [0, 0.1) is 5.82 Å². The zero-order valence-electron chi connectivity index (χ0n) is 17.5. The summed E-state index contributed by atoms with van der Waals surface area (Å²) in [6, 6.07) is 13.0. The molecule has 0 spiro atoms. The summed E-state index contributed by atoms with van der Waals surface area (Å²) in [5.41, 5.74) is 2.54. The third kappa shape index (κ3) is 4.34. The lowest BCUT2D eigenvalue weighted by Gasteiger charge is -2.14. The first-order valence-electron chi connectivity index (χ1n) is 10.1. The summed E-state index contributed by atoms with van der Waals surface area (Å²) < 4.78 is 16.8. The van der Waals surface area contributed by atoms with Gasteiger partial charge >= 0.3 is 0 Å². The highest BCUT2D eigenvalue weighted by atomic mass is 19.1. The third-order valence-corrected chi connectivity index (χ3v) is 5.16. The largest absolute Gasteiger partial charge is 0.352 e. The second kappa shape index (κ2) is 8.69. The molecule has 0 saturated heterocycles. The van der Waals surface area contributed by atoms with Crippen LogP contribution < -0.4 is 10.9 Å². The lowest BCUT2D eigenvalue weighted by molar-refractivity contribution is 0.0952. The Morgan fingerprint density at radius 2 is 1.94 bits per heavy atom. The average molecular weight is 421 g/mol. The molecule has 31 heavy (non-hydrogen) atoms. The molecule has 2 heterocycles. The molecule has 0 saturated carbocycles. The van der Waals surface area contributed by atoms with E-state index in [-0.39, 0.29) is 23.8 Å². The monoisotopic (exact) mass is 421 g/mol. The third-order valence-electron chi connectivity index (χ3n) is 5.16. The van der Waals surface area contributed by atoms with E-state index in [4.69, 9.17) is 0 Å². The molecule has 4 rings (SSSR count). The molecule has 0 aliphatic carbocycles. The van der Waals surface area contributed by atoms with Crippen molar-refractivity contribution in [1.82, 2.24) is 24.4 Å². The van der Waals surface area contributed by atoms with Crippen molar-refractivity contribution in [2.75, 3.05) is 27.2 Å². The van der Waals surface area contributed by atoms with Gasteiger partial charge in [-0.1, -0.05) is 12.1 Å². The van der Waals surface area contributed by atoms with Crippen molar-refractivity contribution in [3.05, 3.63) is 82.0 Å².